The van der Waals surface area contributed by atoms with Crippen LogP contribution < -0.4 is 16.4 Å². The zero-order chi connectivity index (χ0) is 28.0. The van der Waals surface area contributed by atoms with E-state index in [0.29, 0.717) is 12.3 Å². The number of hydrogen-bond donors (Lipinski definition) is 3. The fourth-order valence-electron chi connectivity index (χ4n) is 3.40. The zero-order valence-electron chi connectivity index (χ0n) is 23.9. The lowest BCUT2D eigenvalue weighted by atomic mass is 9.82. The summed E-state index contributed by atoms with van der Waals surface area (Å²) < 4.78 is 10.3. The molecule has 0 bridgehead atoms. The van der Waals surface area contributed by atoms with Crippen molar-refractivity contribution in [3.63, 3.8) is 0 Å². The minimum Gasteiger partial charge on any atom is -0.461 e. The number of esters is 1. The Kier molecular flexibility index (Phi) is 22.3. The van der Waals surface area contributed by atoms with E-state index in [1.54, 1.807) is 0 Å². The van der Waals surface area contributed by atoms with E-state index in [1.807, 2.05) is 13.8 Å². The Morgan fingerprint density at radius 2 is 1.56 bits per heavy atom. The number of unbranched alkanes of at least 4 members (excludes halogenated alkanes) is 1. The number of carbonyl (C=O) groups is 4. The highest BCUT2D eigenvalue weighted by Crippen LogP contribution is 2.33. The van der Waals surface area contributed by atoms with Gasteiger partial charge in [0.15, 0.2) is 11.4 Å². The number of amides is 2. The van der Waals surface area contributed by atoms with Crippen molar-refractivity contribution in [3.05, 3.63) is 0 Å². The van der Waals surface area contributed by atoms with Gasteiger partial charge in [-0.3, -0.25) is 19.2 Å². The summed E-state index contributed by atoms with van der Waals surface area (Å²) in [6, 6.07) is -0.742. The average molecular weight is 516 g/mol. The third-order valence-corrected chi connectivity index (χ3v) is 5.52. The second-order valence-corrected chi connectivity index (χ2v) is 8.99. The van der Waals surface area contributed by atoms with Gasteiger partial charge in [-0.2, -0.15) is 0 Å². The van der Waals surface area contributed by atoms with Crippen LogP contribution in [-0.4, -0.2) is 61.5 Å². The molecule has 212 valence electrons. The Morgan fingerprint density at radius 3 is 1.97 bits per heavy atom. The van der Waals surface area contributed by atoms with Gasteiger partial charge in [0.1, 0.15) is 6.61 Å². The Labute approximate surface area is 219 Å². The maximum atomic E-state index is 13.0. The first-order valence-electron chi connectivity index (χ1n) is 13.8. The van der Waals surface area contributed by atoms with E-state index in [9.17, 15) is 19.2 Å². The summed E-state index contributed by atoms with van der Waals surface area (Å²) in [7, 11) is 0. The van der Waals surface area contributed by atoms with Crippen molar-refractivity contribution in [3.8, 4) is 0 Å². The molecule has 9 nitrogen and oxygen atoms in total. The molecular weight excluding hydrogens is 462 g/mol. The average Bonchev–Trinajstić information content (AvgIpc) is 3.68. The summed E-state index contributed by atoms with van der Waals surface area (Å²) in [5.74, 6) is -1.33. The highest BCUT2D eigenvalue weighted by molar-refractivity contribution is 5.97. The molecule has 1 aliphatic heterocycles. The molecule has 2 amide bonds. The number of Topliss-reactive ketones (excluding diaryl/α,β-unsaturated/α-hetero) is 1. The van der Waals surface area contributed by atoms with Crippen molar-refractivity contribution in [1.29, 1.82) is 0 Å². The van der Waals surface area contributed by atoms with Gasteiger partial charge in [-0.15, -0.1) is 0 Å². The molecule has 0 spiro atoms. The SMILES string of the molecule is CC.CC(=O)NCC(=O)N[C@@H](CC1CCCCC1)C(=O)[C@@]1(COC(=O)CN)CO1.CCC.CCCC. The molecule has 0 radical (unpaired) electrons. The number of hydrogen-bond acceptors (Lipinski definition) is 7. The quantitative estimate of drug-likeness (QED) is 0.282. The fraction of sp³-hybridized carbons (Fsp3) is 0.852. The number of carbonyl (C=O) groups excluding carboxylic acids is 4. The molecule has 1 heterocycles. The molecule has 2 atom stereocenters. The number of rotatable bonds is 11. The minimum atomic E-state index is -1.20. The van der Waals surface area contributed by atoms with Gasteiger partial charge >= 0.3 is 5.97 Å². The first-order valence-corrected chi connectivity index (χ1v) is 13.8. The highest BCUT2D eigenvalue weighted by atomic mass is 16.6. The number of nitrogens with one attached hydrogen (secondary N) is 2. The monoisotopic (exact) mass is 515 g/mol. The summed E-state index contributed by atoms with van der Waals surface area (Å²) in [5.41, 5.74) is 4.01. The van der Waals surface area contributed by atoms with Crippen LogP contribution >= 0.6 is 0 Å². The van der Waals surface area contributed by atoms with Crippen molar-refractivity contribution in [2.45, 2.75) is 118 Å². The molecule has 0 aromatic heterocycles. The van der Waals surface area contributed by atoms with Gasteiger partial charge in [0, 0.05) is 6.92 Å². The standard InChI is InChI=1S/C18H29N3O6.C4H10.C3H8.C2H6/c1-12(22)20-9-15(23)21-14(7-13-5-3-2-4-6-13)17(25)18(11-27-18)10-26-16(24)8-19;1-3-4-2;1-3-2;1-2/h13-14H,2-11,19H2,1H3,(H,20,22)(H,21,23);3-4H2,1-2H3;3H2,1-2H3;1-2H3/t14-,18+;;;/m0.../s1. The largest absolute Gasteiger partial charge is 0.461 e. The summed E-state index contributed by atoms with van der Waals surface area (Å²) >= 11 is 0. The van der Waals surface area contributed by atoms with E-state index in [1.165, 1.54) is 32.6 Å². The van der Waals surface area contributed by atoms with Crippen molar-refractivity contribution in [2.75, 3.05) is 26.3 Å². The normalized spacial score (nSPS) is 18.9. The molecular formula is C27H53N3O6. The van der Waals surface area contributed by atoms with Gasteiger partial charge in [0.05, 0.1) is 25.7 Å². The molecule has 36 heavy (non-hydrogen) atoms. The van der Waals surface area contributed by atoms with Crippen LogP contribution in [0, 0.1) is 5.92 Å². The molecule has 2 fully saturated rings. The van der Waals surface area contributed by atoms with Crippen LogP contribution in [0.4, 0.5) is 0 Å². The van der Waals surface area contributed by atoms with Crippen molar-refractivity contribution >= 4 is 23.6 Å². The second kappa shape index (κ2) is 22.2. The van der Waals surface area contributed by atoms with E-state index in [2.05, 4.69) is 38.3 Å². The van der Waals surface area contributed by atoms with Gasteiger partial charge in [-0.1, -0.05) is 92.9 Å². The second-order valence-electron chi connectivity index (χ2n) is 8.99. The van der Waals surface area contributed by atoms with E-state index in [4.69, 9.17) is 15.2 Å². The smallest absolute Gasteiger partial charge is 0.319 e. The van der Waals surface area contributed by atoms with E-state index in [0.717, 1.165) is 25.7 Å². The number of epoxide rings is 1. The Hall–Kier alpha value is -2.00. The van der Waals surface area contributed by atoms with Crippen LogP contribution in [0.3, 0.4) is 0 Å². The zero-order valence-corrected chi connectivity index (χ0v) is 23.9. The Bertz CT molecular complexity index is 615. The van der Waals surface area contributed by atoms with Crippen LogP contribution in [0.5, 0.6) is 0 Å². The lowest BCUT2D eigenvalue weighted by molar-refractivity contribution is -0.146. The molecule has 0 aromatic rings. The van der Waals surface area contributed by atoms with Gasteiger partial charge in [0.25, 0.3) is 0 Å². The van der Waals surface area contributed by atoms with Crippen LogP contribution in [0.25, 0.3) is 0 Å². The molecule has 1 saturated heterocycles. The van der Waals surface area contributed by atoms with E-state index < -0.39 is 23.5 Å². The molecule has 0 unspecified atom stereocenters. The summed E-state index contributed by atoms with van der Waals surface area (Å²) in [6.45, 7) is 13.4. The van der Waals surface area contributed by atoms with Crippen LogP contribution in [-0.2, 0) is 28.7 Å². The molecule has 9 heteroatoms. The van der Waals surface area contributed by atoms with Gasteiger partial charge in [0.2, 0.25) is 11.8 Å². The molecule has 2 aliphatic rings. The first-order chi connectivity index (χ1) is 17.2. The predicted octanol–water partition coefficient (Wildman–Crippen LogP) is 3.67. The maximum absolute atomic E-state index is 13.0. The van der Waals surface area contributed by atoms with E-state index in [-0.39, 0.29) is 38.0 Å². The highest BCUT2D eigenvalue weighted by Gasteiger charge is 2.55. The van der Waals surface area contributed by atoms with Gasteiger partial charge in [-0.25, -0.2) is 0 Å². The van der Waals surface area contributed by atoms with Crippen LogP contribution in [0.1, 0.15) is 106 Å². The molecule has 0 aromatic carbocycles. The number of nitrogens with two attached hydrogens (primary N) is 1. The van der Waals surface area contributed by atoms with Crippen LogP contribution in [0.2, 0.25) is 0 Å². The number of ketones is 1. The molecule has 4 N–H and O–H groups in total. The molecule has 2 rings (SSSR count). The first kappa shape index (κ1) is 36.2. The fourth-order valence-corrected chi connectivity index (χ4v) is 3.40. The topological polar surface area (TPSA) is 140 Å². The van der Waals surface area contributed by atoms with E-state index >= 15 is 0 Å². The predicted molar refractivity (Wildman–Crippen MR) is 143 cm³/mol. The van der Waals surface area contributed by atoms with Gasteiger partial charge in [-0.05, 0) is 12.3 Å². The number of ether oxygens (including phenoxy) is 2. The van der Waals surface area contributed by atoms with Crippen LogP contribution in [0.15, 0.2) is 0 Å². The maximum Gasteiger partial charge on any atom is 0.319 e. The van der Waals surface area contributed by atoms with Crippen molar-refractivity contribution < 1.29 is 28.7 Å². The lowest BCUT2D eigenvalue weighted by Crippen LogP contribution is -2.51. The summed E-state index contributed by atoms with van der Waals surface area (Å²) in [4.78, 5) is 47.5. The third-order valence-electron chi connectivity index (χ3n) is 5.52. The Balaban J connectivity index is 0. The lowest BCUT2D eigenvalue weighted by Gasteiger charge is -2.28. The Morgan fingerprint density at radius 1 is 1.03 bits per heavy atom. The van der Waals surface area contributed by atoms with Crippen molar-refractivity contribution in [2.24, 2.45) is 11.7 Å². The molecule has 1 saturated carbocycles. The summed E-state index contributed by atoms with van der Waals surface area (Å²) in [5, 5.41) is 5.14. The van der Waals surface area contributed by atoms with Gasteiger partial charge < -0.3 is 25.8 Å². The molecule has 1 aliphatic carbocycles. The summed E-state index contributed by atoms with van der Waals surface area (Å²) in [6.07, 6.45) is 9.84. The van der Waals surface area contributed by atoms with Crippen molar-refractivity contribution in [1.82, 2.24) is 10.6 Å². The third kappa shape index (κ3) is 16.6. The minimum absolute atomic E-state index is 0.145.